The number of amides is 2. The number of ether oxygens (including phenoxy) is 1. The topological polar surface area (TPSA) is 80.8 Å². The minimum absolute atomic E-state index is 0.123. The summed E-state index contributed by atoms with van der Waals surface area (Å²) in [6.45, 7) is 4.49. The number of aryl methyl sites for hydroxylation is 1. The number of furan rings is 1. The smallest absolute Gasteiger partial charge is 0.289 e. The highest BCUT2D eigenvalue weighted by Crippen LogP contribution is 2.24. The minimum Gasteiger partial charge on any atom is -0.497 e. The van der Waals surface area contributed by atoms with Crippen LogP contribution in [0.4, 0.5) is 0 Å². The minimum atomic E-state index is -0.149. The van der Waals surface area contributed by atoms with Crippen molar-refractivity contribution in [1.29, 1.82) is 0 Å². The molecule has 8 nitrogen and oxygen atoms in total. The van der Waals surface area contributed by atoms with Crippen molar-refractivity contribution >= 4 is 11.8 Å². The predicted molar refractivity (Wildman–Crippen MR) is 110 cm³/mol. The quantitative estimate of drug-likeness (QED) is 0.649. The van der Waals surface area contributed by atoms with Gasteiger partial charge in [0.15, 0.2) is 11.5 Å². The summed E-state index contributed by atoms with van der Waals surface area (Å²) in [4.78, 5) is 28.9. The maximum atomic E-state index is 13.0. The third-order valence-electron chi connectivity index (χ3n) is 5.27. The van der Waals surface area contributed by atoms with Crippen LogP contribution in [0.25, 0.3) is 11.3 Å². The van der Waals surface area contributed by atoms with Gasteiger partial charge in [-0.25, -0.2) is 0 Å². The lowest BCUT2D eigenvalue weighted by molar-refractivity contribution is 0.0515. The van der Waals surface area contributed by atoms with Crippen molar-refractivity contribution in [3.63, 3.8) is 0 Å². The van der Waals surface area contributed by atoms with Crippen LogP contribution in [0, 0.1) is 0 Å². The van der Waals surface area contributed by atoms with E-state index in [1.54, 1.807) is 29.0 Å². The highest BCUT2D eigenvalue weighted by Gasteiger charge is 2.28. The van der Waals surface area contributed by atoms with Gasteiger partial charge in [0.1, 0.15) is 5.75 Å². The third kappa shape index (κ3) is 3.80. The summed E-state index contributed by atoms with van der Waals surface area (Å²) in [6, 6.07) is 12.9. The molecule has 30 heavy (non-hydrogen) atoms. The van der Waals surface area contributed by atoms with E-state index in [-0.39, 0.29) is 11.8 Å². The maximum Gasteiger partial charge on any atom is 0.289 e. The van der Waals surface area contributed by atoms with Gasteiger partial charge in [-0.2, -0.15) is 5.10 Å². The molecule has 1 aliphatic rings. The SMILES string of the molecule is CCn1nc(C(=O)N2CCN(C(=O)c3ccco3)CC2)cc1-c1ccc(OC)cc1. The Kier molecular flexibility index (Phi) is 5.56. The first-order valence-electron chi connectivity index (χ1n) is 9.95. The molecule has 1 fully saturated rings. The fourth-order valence-electron chi connectivity index (χ4n) is 3.59. The number of piperazine rings is 1. The zero-order valence-electron chi connectivity index (χ0n) is 17.1. The lowest BCUT2D eigenvalue weighted by Crippen LogP contribution is -2.50. The van der Waals surface area contributed by atoms with E-state index in [0.29, 0.717) is 44.2 Å². The van der Waals surface area contributed by atoms with Crippen LogP contribution in [0.15, 0.2) is 53.1 Å². The molecule has 3 heterocycles. The second kappa shape index (κ2) is 8.44. The van der Waals surface area contributed by atoms with Crippen LogP contribution in [-0.4, -0.2) is 64.7 Å². The summed E-state index contributed by atoms with van der Waals surface area (Å²) in [7, 11) is 1.63. The Hall–Kier alpha value is -3.55. The predicted octanol–water partition coefficient (Wildman–Crippen LogP) is 2.77. The van der Waals surface area contributed by atoms with Crippen molar-refractivity contribution in [1.82, 2.24) is 19.6 Å². The van der Waals surface area contributed by atoms with Gasteiger partial charge < -0.3 is 19.0 Å². The molecule has 0 aliphatic carbocycles. The summed E-state index contributed by atoms with van der Waals surface area (Å²) in [6.07, 6.45) is 1.48. The first kappa shape index (κ1) is 19.8. The van der Waals surface area contributed by atoms with Crippen LogP contribution in [0.5, 0.6) is 5.75 Å². The number of aromatic nitrogens is 2. The molecule has 1 aromatic carbocycles. The molecule has 8 heteroatoms. The van der Waals surface area contributed by atoms with Crippen LogP contribution in [0.1, 0.15) is 28.0 Å². The molecule has 3 aromatic rings. The maximum absolute atomic E-state index is 13.0. The Labute approximate surface area is 174 Å². The number of hydrogen-bond acceptors (Lipinski definition) is 5. The Morgan fingerprint density at radius 1 is 1.03 bits per heavy atom. The van der Waals surface area contributed by atoms with Crippen molar-refractivity contribution in [2.24, 2.45) is 0 Å². The van der Waals surface area contributed by atoms with Crippen molar-refractivity contribution in [3.8, 4) is 17.0 Å². The molecule has 2 amide bonds. The summed E-state index contributed by atoms with van der Waals surface area (Å²) in [5.41, 5.74) is 2.27. The Bertz CT molecular complexity index is 1020. The van der Waals surface area contributed by atoms with Crippen LogP contribution >= 0.6 is 0 Å². The van der Waals surface area contributed by atoms with E-state index in [1.165, 1.54) is 6.26 Å². The fraction of sp³-hybridized carbons (Fsp3) is 0.318. The van der Waals surface area contributed by atoms with E-state index in [0.717, 1.165) is 17.0 Å². The molecule has 0 bridgehead atoms. The molecule has 0 saturated carbocycles. The van der Waals surface area contributed by atoms with E-state index in [1.807, 2.05) is 41.9 Å². The second-order valence-electron chi connectivity index (χ2n) is 7.02. The first-order chi connectivity index (χ1) is 14.6. The van der Waals surface area contributed by atoms with Gasteiger partial charge in [0.05, 0.1) is 19.1 Å². The van der Waals surface area contributed by atoms with Crippen LogP contribution in [0.3, 0.4) is 0 Å². The fourth-order valence-corrected chi connectivity index (χ4v) is 3.59. The standard InChI is InChI=1S/C22H24N4O4/c1-3-26-19(16-6-8-17(29-2)9-7-16)15-18(23-26)21(27)24-10-12-25(13-11-24)22(28)20-5-4-14-30-20/h4-9,14-15H,3,10-13H2,1-2H3. The molecule has 0 unspecified atom stereocenters. The third-order valence-corrected chi connectivity index (χ3v) is 5.27. The Morgan fingerprint density at radius 3 is 2.27 bits per heavy atom. The van der Waals surface area contributed by atoms with Gasteiger partial charge in [-0.05, 0) is 49.4 Å². The monoisotopic (exact) mass is 408 g/mol. The van der Waals surface area contributed by atoms with Gasteiger partial charge in [-0.1, -0.05) is 0 Å². The molecule has 0 spiro atoms. The van der Waals surface area contributed by atoms with Crippen LogP contribution in [-0.2, 0) is 6.54 Å². The van der Waals surface area contributed by atoms with Gasteiger partial charge in [0.25, 0.3) is 11.8 Å². The summed E-state index contributed by atoms with van der Waals surface area (Å²) in [5, 5.41) is 4.52. The largest absolute Gasteiger partial charge is 0.497 e. The van der Waals surface area contributed by atoms with Crippen LogP contribution in [0.2, 0.25) is 0 Å². The average molecular weight is 408 g/mol. The highest BCUT2D eigenvalue weighted by molar-refractivity contribution is 5.94. The molecule has 0 N–H and O–H groups in total. The van der Waals surface area contributed by atoms with Crippen molar-refractivity contribution in [3.05, 3.63) is 60.2 Å². The van der Waals surface area contributed by atoms with E-state index in [9.17, 15) is 9.59 Å². The number of hydrogen-bond donors (Lipinski definition) is 0. The lowest BCUT2D eigenvalue weighted by Gasteiger charge is -2.33. The normalized spacial score (nSPS) is 14.1. The summed E-state index contributed by atoms with van der Waals surface area (Å²) < 4.78 is 12.2. The zero-order chi connectivity index (χ0) is 21.1. The van der Waals surface area contributed by atoms with Gasteiger partial charge in [0, 0.05) is 38.3 Å². The number of carbonyl (C=O) groups is 2. The van der Waals surface area contributed by atoms with Crippen molar-refractivity contribution < 1.29 is 18.7 Å². The molecule has 0 atom stereocenters. The van der Waals surface area contributed by atoms with E-state index in [2.05, 4.69) is 5.10 Å². The molecule has 2 aromatic heterocycles. The second-order valence-corrected chi connectivity index (χ2v) is 7.02. The molecule has 1 saturated heterocycles. The van der Waals surface area contributed by atoms with Gasteiger partial charge in [-0.3, -0.25) is 14.3 Å². The number of rotatable bonds is 5. The average Bonchev–Trinajstić information content (AvgIpc) is 3.48. The van der Waals surface area contributed by atoms with Crippen LogP contribution < -0.4 is 4.74 Å². The number of nitrogens with zero attached hydrogens (tertiary/aromatic N) is 4. The summed E-state index contributed by atoms with van der Waals surface area (Å²) >= 11 is 0. The molecule has 156 valence electrons. The van der Waals surface area contributed by atoms with Gasteiger partial charge >= 0.3 is 0 Å². The number of methoxy groups -OCH3 is 1. The molecular formula is C22H24N4O4. The van der Waals surface area contributed by atoms with Crippen molar-refractivity contribution in [2.45, 2.75) is 13.5 Å². The summed E-state index contributed by atoms with van der Waals surface area (Å²) in [5.74, 6) is 0.825. The van der Waals surface area contributed by atoms with E-state index in [4.69, 9.17) is 9.15 Å². The molecule has 1 aliphatic heterocycles. The first-order valence-corrected chi connectivity index (χ1v) is 9.95. The molecular weight excluding hydrogens is 384 g/mol. The number of benzene rings is 1. The number of carbonyl (C=O) groups excluding carboxylic acids is 2. The van der Waals surface area contributed by atoms with Gasteiger partial charge in [0.2, 0.25) is 0 Å². The Morgan fingerprint density at radius 2 is 1.70 bits per heavy atom. The molecule has 4 rings (SSSR count). The van der Waals surface area contributed by atoms with Crippen molar-refractivity contribution in [2.75, 3.05) is 33.3 Å². The lowest BCUT2D eigenvalue weighted by atomic mass is 10.1. The van der Waals surface area contributed by atoms with Gasteiger partial charge in [-0.15, -0.1) is 0 Å². The molecule has 0 radical (unpaired) electrons. The van der Waals surface area contributed by atoms with E-state index < -0.39 is 0 Å². The Balaban J connectivity index is 1.46. The van der Waals surface area contributed by atoms with E-state index >= 15 is 0 Å². The highest BCUT2D eigenvalue weighted by atomic mass is 16.5. The zero-order valence-corrected chi connectivity index (χ0v) is 17.1.